The van der Waals surface area contributed by atoms with Gasteiger partial charge in [-0.1, -0.05) is 23.4 Å². The van der Waals surface area contributed by atoms with Crippen LogP contribution in [0.5, 0.6) is 5.75 Å². The Balaban J connectivity index is 1.80. The molecule has 0 amide bonds. The number of nitrogens with zero attached hydrogens (tertiary/aromatic N) is 2. The van der Waals surface area contributed by atoms with Gasteiger partial charge in [-0.05, 0) is 19.9 Å². The molecule has 100 valence electrons. The standard InChI is InChI=1S/C14H17N3O2/c1-14(2)7-11(15-8-13-16-9-18-17-13)10-5-3-4-6-12(10)19-14/h3-6,9,11,15H,7-8H2,1-2H3. The Kier molecular flexibility index (Phi) is 2.98. The number of hydrogen-bond donors (Lipinski definition) is 1. The molecule has 1 aromatic heterocycles. The monoisotopic (exact) mass is 259 g/mol. The molecule has 1 N–H and O–H groups in total. The van der Waals surface area contributed by atoms with Crippen molar-refractivity contribution in [3.63, 3.8) is 0 Å². The van der Waals surface area contributed by atoms with E-state index in [0.717, 1.165) is 12.2 Å². The van der Waals surface area contributed by atoms with Crippen molar-refractivity contribution in [2.75, 3.05) is 0 Å². The normalized spacial score (nSPS) is 20.6. The second-order valence-corrected chi connectivity index (χ2v) is 5.38. The molecule has 0 aliphatic carbocycles. The first-order valence-electron chi connectivity index (χ1n) is 6.41. The Bertz CT molecular complexity index is 552. The minimum atomic E-state index is -0.177. The van der Waals surface area contributed by atoms with Crippen molar-refractivity contribution in [1.29, 1.82) is 0 Å². The van der Waals surface area contributed by atoms with Crippen molar-refractivity contribution in [1.82, 2.24) is 15.5 Å². The minimum absolute atomic E-state index is 0.177. The largest absolute Gasteiger partial charge is 0.487 e. The number of para-hydroxylation sites is 1. The summed E-state index contributed by atoms with van der Waals surface area (Å²) in [5.41, 5.74) is 1.01. The number of fused-ring (bicyclic) bond motifs is 1. The summed E-state index contributed by atoms with van der Waals surface area (Å²) in [6, 6.07) is 8.37. The molecule has 0 fully saturated rings. The Morgan fingerprint density at radius 3 is 3.00 bits per heavy atom. The summed E-state index contributed by atoms with van der Waals surface area (Å²) >= 11 is 0. The van der Waals surface area contributed by atoms with E-state index in [0.29, 0.717) is 12.4 Å². The molecule has 1 atom stereocenters. The van der Waals surface area contributed by atoms with Crippen LogP contribution in [0.2, 0.25) is 0 Å². The lowest BCUT2D eigenvalue weighted by molar-refractivity contribution is 0.0655. The van der Waals surface area contributed by atoms with Gasteiger partial charge in [0.15, 0.2) is 5.82 Å². The maximum atomic E-state index is 6.00. The van der Waals surface area contributed by atoms with Crippen molar-refractivity contribution >= 4 is 0 Å². The summed E-state index contributed by atoms with van der Waals surface area (Å²) in [6.07, 6.45) is 2.25. The maximum absolute atomic E-state index is 6.00. The van der Waals surface area contributed by atoms with E-state index in [2.05, 4.69) is 35.4 Å². The zero-order valence-electron chi connectivity index (χ0n) is 11.1. The third kappa shape index (κ3) is 2.61. The third-order valence-electron chi connectivity index (χ3n) is 3.29. The fourth-order valence-corrected chi connectivity index (χ4v) is 2.47. The maximum Gasteiger partial charge on any atom is 0.213 e. The van der Waals surface area contributed by atoms with Crippen molar-refractivity contribution in [2.24, 2.45) is 0 Å². The first kappa shape index (κ1) is 12.2. The van der Waals surface area contributed by atoms with Gasteiger partial charge in [0.1, 0.15) is 11.4 Å². The van der Waals surface area contributed by atoms with E-state index >= 15 is 0 Å². The molecule has 0 spiro atoms. The van der Waals surface area contributed by atoms with Crippen LogP contribution in [0, 0.1) is 0 Å². The molecule has 1 aliphatic rings. The molecule has 0 bridgehead atoms. The van der Waals surface area contributed by atoms with Crippen LogP contribution in [0.15, 0.2) is 35.2 Å². The molecule has 3 rings (SSSR count). The van der Waals surface area contributed by atoms with Crippen LogP contribution < -0.4 is 10.1 Å². The Morgan fingerprint density at radius 2 is 2.21 bits per heavy atom. The van der Waals surface area contributed by atoms with Crippen LogP contribution >= 0.6 is 0 Å². The lowest BCUT2D eigenvalue weighted by Gasteiger charge is -2.37. The molecule has 5 heteroatoms. The first-order valence-corrected chi connectivity index (χ1v) is 6.41. The minimum Gasteiger partial charge on any atom is -0.487 e. The average Bonchev–Trinajstić information content (AvgIpc) is 2.87. The molecule has 2 heterocycles. The molecule has 5 nitrogen and oxygen atoms in total. The van der Waals surface area contributed by atoms with E-state index < -0.39 is 0 Å². The molecular formula is C14H17N3O2. The van der Waals surface area contributed by atoms with E-state index in [1.165, 1.54) is 12.0 Å². The van der Waals surface area contributed by atoms with Crippen molar-refractivity contribution in [3.05, 3.63) is 42.0 Å². The highest BCUT2D eigenvalue weighted by atomic mass is 16.5. The summed E-state index contributed by atoms with van der Waals surface area (Å²) in [5, 5.41) is 7.28. The Hall–Kier alpha value is -1.88. The van der Waals surface area contributed by atoms with Gasteiger partial charge in [-0.15, -0.1) is 0 Å². The zero-order valence-corrected chi connectivity index (χ0v) is 11.1. The fraction of sp³-hybridized carbons (Fsp3) is 0.429. The molecule has 2 aromatic rings. The SMILES string of the molecule is CC1(C)CC(NCc2ncon2)c2ccccc2O1. The van der Waals surface area contributed by atoms with Crippen LogP contribution in [0.4, 0.5) is 0 Å². The second kappa shape index (κ2) is 4.66. The molecule has 0 saturated carbocycles. The molecule has 0 saturated heterocycles. The van der Waals surface area contributed by atoms with Gasteiger partial charge in [-0.25, -0.2) is 0 Å². The van der Waals surface area contributed by atoms with Crippen molar-refractivity contribution in [3.8, 4) is 5.75 Å². The molecular weight excluding hydrogens is 242 g/mol. The summed E-state index contributed by atoms with van der Waals surface area (Å²) in [7, 11) is 0. The van der Waals surface area contributed by atoms with Crippen molar-refractivity contribution < 1.29 is 9.26 Å². The van der Waals surface area contributed by atoms with Gasteiger partial charge < -0.3 is 14.6 Å². The van der Waals surface area contributed by atoms with E-state index in [-0.39, 0.29) is 11.6 Å². The highest BCUT2D eigenvalue weighted by Crippen LogP contribution is 2.39. The topological polar surface area (TPSA) is 60.2 Å². The Morgan fingerprint density at radius 1 is 1.37 bits per heavy atom. The molecule has 0 radical (unpaired) electrons. The zero-order chi connectivity index (χ0) is 13.3. The number of ether oxygens (including phenoxy) is 1. The number of nitrogens with one attached hydrogen (secondary N) is 1. The van der Waals surface area contributed by atoms with Crippen LogP contribution in [-0.2, 0) is 6.54 Å². The van der Waals surface area contributed by atoms with Crippen LogP contribution in [0.25, 0.3) is 0 Å². The van der Waals surface area contributed by atoms with Gasteiger partial charge in [0.2, 0.25) is 6.39 Å². The molecule has 1 aromatic carbocycles. The van der Waals surface area contributed by atoms with Crippen LogP contribution in [0.1, 0.15) is 37.7 Å². The molecule has 1 aliphatic heterocycles. The predicted molar refractivity (Wildman–Crippen MR) is 69.6 cm³/mol. The van der Waals surface area contributed by atoms with Gasteiger partial charge in [-0.2, -0.15) is 4.98 Å². The predicted octanol–water partition coefficient (Wildman–Crippen LogP) is 2.46. The highest BCUT2D eigenvalue weighted by molar-refractivity contribution is 5.38. The van der Waals surface area contributed by atoms with Crippen LogP contribution in [0.3, 0.4) is 0 Å². The van der Waals surface area contributed by atoms with E-state index in [1.54, 1.807) is 0 Å². The average molecular weight is 259 g/mol. The van der Waals surface area contributed by atoms with Crippen molar-refractivity contribution in [2.45, 2.75) is 38.5 Å². The fourth-order valence-electron chi connectivity index (χ4n) is 2.47. The van der Waals surface area contributed by atoms with Gasteiger partial charge in [0.05, 0.1) is 6.54 Å². The van der Waals surface area contributed by atoms with E-state index in [4.69, 9.17) is 9.26 Å². The van der Waals surface area contributed by atoms with Gasteiger partial charge >= 0.3 is 0 Å². The van der Waals surface area contributed by atoms with Gasteiger partial charge in [-0.3, -0.25) is 0 Å². The second-order valence-electron chi connectivity index (χ2n) is 5.38. The number of hydrogen-bond acceptors (Lipinski definition) is 5. The summed E-state index contributed by atoms with van der Waals surface area (Å²) < 4.78 is 10.7. The summed E-state index contributed by atoms with van der Waals surface area (Å²) in [5.74, 6) is 1.62. The summed E-state index contributed by atoms with van der Waals surface area (Å²) in [6.45, 7) is 4.80. The van der Waals surface area contributed by atoms with E-state index in [9.17, 15) is 0 Å². The lowest BCUT2D eigenvalue weighted by Crippen LogP contribution is -2.39. The third-order valence-corrected chi connectivity index (χ3v) is 3.29. The number of rotatable bonds is 3. The first-order chi connectivity index (χ1) is 9.14. The van der Waals surface area contributed by atoms with Gasteiger partial charge in [0, 0.05) is 18.0 Å². The number of benzene rings is 1. The smallest absolute Gasteiger partial charge is 0.213 e. The Labute approximate surface area is 112 Å². The highest BCUT2D eigenvalue weighted by Gasteiger charge is 2.33. The number of aromatic nitrogens is 2. The molecule has 1 unspecified atom stereocenters. The quantitative estimate of drug-likeness (QED) is 0.917. The lowest BCUT2D eigenvalue weighted by atomic mass is 9.90. The summed E-state index contributed by atoms with van der Waals surface area (Å²) in [4.78, 5) is 4.02. The van der Waals surface area contributed by atoms with Crippen LogP contribution in [-0.4, -0.2) is 15.7 Å². The molecule has 19 heavy (non-hydrogen) atoms. The van der Waals surface area contributed by atoms with E-state index in [1.807, 2.05) is 18.2 Å². The van der Waals surface area contributed by atoms with Gasteiger partial charge in [0.25, 0.3) is 0 Å².